The molecule has 2 aliphatic rings. The van der Waals surface area contributed by atoms with Gasteiger partial charge in [0.15, 0.2) is 0 Å². The van der Waals surface area contributed by atoms with Gasteiger partial charge in [-0.05, 0) is 49.4 Å². The standard InChI is InChI=1S/C26H32Cl2N2O2/c1-18(26(31)29-13-15-32-16-14-29)17-20-12-11-19(2)30(20)25(21-7-3-5-9-23(21)27)22-8-4-6-10-24(22)28/h3-10,18-20,25H,11-17H2,1-2H3. The van der Waals surface area contributed by atoms with E-state index in [1.807, 2.05) is 41.3 Å². The van der Waals surface area contributed by atoms with Gasteiger partial charge in [-0.3, -0.25) is 9.69 Å². The van der Waals surface area contributed by atoms with Gasteiger partial charge in [0.2, 0.25) is 5.91 Å². The second-order valence-corrected chi connectivity index (χ2v) is 9.86. The molecule has 0 N–H and O–H groups in total. The number of hydrogen-bond acceptors (Lipinski definition) is 3. The molecule has 32 heavy (non-hydrogen) atoms. The highest BCUT2D eigenvalue weighted by molar-refractivity contribution is 6.32. The normalized spacial score (nSPS) is 23.0. The minimum atomic E-state index is -0.0504. The summed E-state index contributed by atoms with van der Waals surface area (Å²) in [7, 11) is 0. The lowest BCUT2D eigenvalue weighted by atomic mass is 9.92. The van der Waals surface area contributed by atoms with Gasteiger partial charge in [-0.15, -0.1) is 0 Å². The summed E-state index contributed by atoms with van der Waals surface area (Å²) in [5.41, 5.74) is 2.13. The number of amides is 1. The molecule has 2 aromatic rings. The molecule has 2 aliphatic heterocycles. The minimum Gasteiger partial charge on any atom is -0.378 e. The van der Waals surface area contributed by atoms with E-state index in [4.69, 9.17) is 27.9 Å². The maximum absolute atomic E-state index is 13.1. The molecule has 0 radical (unpaired) electrons. The van der Waals surface area contributed by atoms with Crippen LogP contribution in [0.4, 0.5) is 0 Å². The number of morpholine rings is 1. The number of benzene rings is 2. The average molecular weight is 475 g/mol. The van der Waals surface area contributed by atoms with Gasteiger partial charge in [0.1, 0.15) is 0 Å². The van der Waals surface area contributed by atoms with Crippen LogP contribution >= 0.6 is 23.2 Å². The summed E-state index contributed by atoms with van der Waals surface area (Å²) in [6, 6.07) is 16.7. The number of ether oxygens (including phenoxy) is 1. The van der Waals surface area contributed by atoms with Crippen molar-refractivity contribution in [3.05, 3.63) is 69.7 Å². The largest absolute Gasteiger partial charge is 0.378 e. The zero-order valence-electron chi connectivity index (χ0n) is 18.8. The molecule has 0 saturated carbocycles. The Labute approximate surface area is 201 Å². The zero-order chi connectivity index (χ0) is 22.7. The molecule has 2 saturated heterocycles. The van der Waals surface area contributed by atoms with E-state index in [0.29, 0.717) is 32.3 Å². The van der Waals surface area contributed by atoms with E-state index in [1.54, 1.807) is 0 Å². The molecule has 0 aliphatic carbocycles. The van der Waals surface area contributed by atoms with E-state index >= 15 is 0 Å². The van der Waals surface area contributed by atoms with Crippen molar-refractivity contribution in [2.75, 3.05) is 26.3 Å². The van der Waals surface area contributed by atoms with Crippen molar-refractivity contribution in [1.29, 1.82) is 0 Å². The summed E-state index contributed by atoms with van der Waals surface area (Å²) in [6.45, 7) is 6.98. The van der Waals surface area contributed by atoms with E-state index in [1.165, 1.54) is 0 Å². The molecule has 0 spiro atoms. The molecule has 3 atom stereocenters. The van der Waals surface area contributed by atoms with Crippen LogP contribution < -0.4 is 0 Å². The minimum absolute atomic E-state index is 0.0379. The van der Waals surface area contributed by atoms with E-state index in [2.05, 4.69) is 30.9 Å². The molecule has 0 aromatic heterocycles. The Morgan fingerprint density at radius 3 is 2.12 bits per heavy atom. The number of likely N-dealkylation sites (tertiary alicyclic amines) is 1. The predicted octanol–water partition coefficient (Wildman–Crippen LogP) is 5.82. The first-order valence-electron chi connectivity index (χ1n) is 11.6. The first kappa shape index (κ1) is 23.6. The summed E-state index contributed by atoms with van der Waals surface area (Å²) < 4.78 is 5.42. The number of hydrogen-bond donors (Lipinski definition) is 0. The molecule has 1 amide bonds. The van der Waals surface area contributed by atoms with Crippen molar-refractivity contribution in [2.45, 2.75) is 51.2 Å². The van der Waals surface area contributed by atoms with Gasteiger partial charge in [-0.2, -0.15) is 0 Å². The third-order valence-electron chi connectivity index (χ3n) is 6.92. The second kappa shape index (κ2) is 10.6. The van der Waals surface area contributed by atoms with Crippen LogP contribution in [0, 0.1) is 5.92 Å². The molecular weight excluding hydrogens is 443 g/mol. The molecule has 6 heteroatoms. The van der Waals surface area contributed by atoms with Gasteiger partial charge in [0.05, 0.1) is 19.3 Å². The van der Waals surface area contributed by atoms with Crippen molar-refractivity contribution in [1.82, 2.24) is 9.80 Å². The van der Waals surface area contributed by atoms with Gasteiger partial charge >= 0.3 is 0 Å². The molecule has 3 unspecified atom stereocenters. The van der Waals surface area contributed by atoms with E-state index in [9.17, 15) is 4.79 Å². The molecular formula is C26H32Cl2N2O2. The molecule has 2 aromatic carbocycles. The van der Waals surface area contributed by atoms with Crippen LogP contribution in [0.2, 0.25) is 10.0 Å². The fraction of sp³-hybridized carbons (Fsp3) is 0.500. The first-order chi connectivity index (χ1) is 15.5. The lowest BCUT2D eigenvalue weighted by Crippen LogP contribution is -2.45. The molecule has 4 rings (SSSR count). The van der Waals surface area contributed by atoms with Crippen LogP contribution in [0.25, 0.3) is 0 Å². The summed E-state index contributed by atoms with van der Waals surface area (Å²) in [4.78, 5) is 17.6. The molecule has 2 fully saturated rings. The fourth-order valence-electron chi connectivity index (χ4n) is 5.28. The van der Waals surface area contributed by atoms with E-state index < -0.39 is 0 Å². The average Bonchev–Trinajstić information content (AvgIpc) is 3.16. The van der Waals surface area contributed by atoms with Crippen LogP contribution in [-0.2, 0) is 9.53 Å². The zero-order valence-corrected chi connectivity index (χ0v) is 20.4. The van der Waals surface area contributed by atoms with Crippen LogP contribution in [-0.4, -0.2) is 54.1 Å². The SMILES string of the molecule is CC(CC1CCC(C)N1C(c1ccccc1Cl)c1ccccc1Cl)C(=O)N1CCOCC1. The topological polar surface area (TPSA) is 32.8 Å². The van der Waals surface area contributed by atoms with E-state index in [0.717, 1.165) is 40.4 Å². The van der Waals surface area contributed by atoms with Gasteiger partial charge in [0, 0.05) is 41.1 Å². The Kier molecular flexibility index (Phi) is 7.78. The van der Waals surface area contributed by atoms with Crippen molar-refractivity contribution in [2.24, 2.45) is 5.92 Å². The van der Waals surface area contributed by atoms with Gasteiger partial charge in [-0.1, -0.05) is 66.5 Å². The van der Waals surface area contributed by atoms with Gasteiger partial charge in [-0.25, -0.2) is 0 Å². The number of halogens is 2. The Balaban J connectivity index is 1.64. The summed E-state index contributed by atoms with van der Waals surface area (Å²) in [6.07, 6.45) is 2.98. The third-order valence-corrected chi connectivity index (χ3v) is 7.60. The van der Waals surface area contributed by atoms with Crippen LogP contribution in [0.15, 0.2) is 48.5 Å². The summed E-state index contributed by atoms with van der Waals surface area (Å²) in [5, 5.41) is 1.49. The Hall–Kier alpha value is -1.59. The van der Waals surface area contributed by atoms with Crippen LogP contribution in [0.3, 0.4) is 0 Å². The van der Waals surface area contributed by atoms with Gasteiger partial charge in [0.25, 0.3) is 0 Å². The molecule has 2 heterocycles. The Morgan fingerprint density at radius 2 is 1.56 bits per heavy atom. The maximum Gasteiger partial charge on any atom is 0.225 e. The highest BCUT2D eigenvalue weighted by Gasteiger charge is 2.40. The van der Waals surface area contributed by atoms with Crippen LogP contribution in [0.1, 0.15) is 50.3 Å². The molecule has 172 valence electrons. The lowest BCUT2D eigenvalue weighted by Gasteiger charge is -2.39. The number of rotatable bonds is 6. The summed E-state index contributed by atoms with van der Waals surface area (Å²) in [5.74, 6) is 0.198. The Bertz CT molecular complexity index is 886. The monoisotopic (exact) mass is 474 g/mol. The van der Waals surface area contributed by atoms with Crippen molar-refractivity contribution >= 4 is 29.1 Å². The highest BCUT2D eigenvalue weighted by Crippen LogP contribution is 2.43. The highest BCUT2D eigenvalue weighted by atomic mass is 35.5. The lowest BCUT2D eigenvalue weighted by molar-refractivity contribution is -0.139. The molecule has 0 bridgehead atoms. The van der Waals surface area contributed by atoms with Gasteiger partial charge < -0.3 is 9.64 Å². The first-order valence-corrected chi connectivity index (χ1v) is 12.4. The number of nitrogens with zero attached hydrogens (tertiary/aromatic N) is 2. The van der Waals surface area contributed by atoms with Crippen molar-refractivity contribution in [3.63, 3.8) is 0 Å². The molecule has 4 nitrogen and oxygen atoms in total. The predicted molar refractivity (Wildman–Crippen MR) is 130 cm³/mol. The van der Waals surface area contributed by atoms with E-state index in [-0.39, 0.29) is 23.9 Å². The van der Waals surface area contributed by atoms with Crippen LogP contribution in [0.5, 0.6) is 0 Å². The fourth-order valence-corrected chi connectivity index (χ4v) is 5.76. The maximum atomic E-state index is 13.1. The van der Waals surface area contributed by atoms with Crippen molar-refractivity contribution in [3.8, 4) is 0 Å². The van der Waals surface area contributed by atoms with Crippen molar-refractivity contribution < 1.29 is 9.53 Å². The second-order valence-electron chi connectivity index (χ2n) is 9.05. The number of carbonyl (C=O) groups excluding carboxylic acids is 1. The third kappa shape index (κ3) is 4.99. The quantitative estimate of drug-likeness (QED) is 0.528. The summed E-state index contributed by atoms with van der Waals surface area (Å²) >= 11 is 13.4. The smallest absolute Gasteiger partial charge is 0.225 e. The number of carbonyl (C=O) groups is 1. The Morgan fingerprint density at radius 1 is 1.00 bits per heavy atom.